The van der Waals surface area contributed by atoms with Crippen LogP contribution in [-0.2, 0) is 9.53 Å². The highest BCUT2D eigenvalue weighted by molar-refractivity contribution is 5.93. The molecule has 1 fully saturated rings. The monoisotopic (exact) mass is 442 g/mol. The van der Waals surface area contributed by atoms with Crippen molar-refractivity contribution in [2.45, 2.75) is 12.5 Å². The predicted molar refractivity (Wildman–Crippen MR) is 114 cm³/mol. The minimum atomic E-state index is -0.302. The Kier molecular flexibility index (Phi) is 10.4. The zero-order valence-electron chi connectivity index (χ0n) is 15.8. The number of carbonyl (C=O) groups excluding carboxylic acids is 2. The smallest absolute Gasteiger partial charge is 0.269 e. The Bertz CT molecular complexity index is 816. The largest absolute Gasteiger partial charge is 0.455 e. The molecular weight excluding hydrogens is 419 g/mol. The van der Waals surface area contributed by atoms with Crippen LogP contribution in [0.2, 0.25) is 0 Å². The second kappa shape index (κ2) is 12.2. The van der Waals surface area contributed by atoms with Gasteiger partial charge in [0.2, 0.25) is 5.91 Å². The van der Waals surface area contributed by atoms with Crippen molar-refractivity contribution in [1.29, 1.82) is 0 Å². The zero-order chi connectivity index (χ0) is 19.1. The number of nitrogens with zero attached hydrogens (tertiary/aromatic N) is 1. The normalized spacial score (nSPS) is 15.3. The number of carbonyl (C=O) groups is 2. The molecule has 1 aromatic heterocycles. The topological polar surface area (TPSA) is 102 Å². The molecule has 0 saturated carbocycles. The second-order valence-corrected chi connectivity index (χ2v) is 6.03. The first-order valence-electron chi connectivity index (χ1n) is 8.71. The molecule has 2 heterocycles. The molecule has 1 atom stereocenters. The van der Waals surface area contributed by atoms with Gasteiger partial charge in [0.1, 0.15) is 11.4 Å². The third kappa shape index (κ3) is 7.17. The summed E-state index contributed by atoms with van der Waals surface area (Å²) in [7, 11) is 1.54. The summed E-state index contributed by atoms with van der Waals surface area (Å²) in [5.41, 5.74) is 0.803. The van der Waals surface area contributed by atoms with Crippen LogP contribution in [0.3, 0.4) is 0 Å². The number of halogens is 2. The van der Waals surface area contributed by atoms with Gasteiger partial charge in [-0.1, -0.05) is 12.1 Å². The van der Waals surface area contributed by atoms with E-state index in [2.05, 4.69) is 20.9 Å². The number of amides is 2. The van der Waals surface area contributed by atoms with E-state index in [1.54, 1.807) is 24.3 Å². The van der Waals surface area contributed by atoms with Gasteiger partial charge in [0.25, 0.3) is 5.91 Å². The minimum absolute atomic E-state index is 0. The molecule has 1 saturated heterocycles. The number of hydrogen-bond acceptors (Lipinski definition) is 6. The second-order valence-electron chi connectivity index (χ2n) is 6.03. The lowest BCUT2D eigenvalue weighted by Gasteiger charge is -2.23. The van der Waals surface area contributed by atoms with Gasteiger partial charge in [-0.05, 0) is 18.2 Å². The quantitative estimate of drug-likeness (QED) is 0.634. The Morgan fingerprint density at radius 3 is 2.79 bits per heavy atom. The molecule has 0 bridgehead atoms. The molecule has 29 heavy (non-hydrogen) atoms. The van der Waals surface area contributed by atoms with Gasteiger partial charge in [-0.15, -0.1) is 24.8 Å². The fourth-order valence-corrected chi connectivity index (χ4v) is 2.69. The molecule has 10 heteroatoms. The third-order valence-corrected chi connectivity index (χ3v) is 4.01. The van der Waals surface area contributed by atoms with Crippen LogP contribution in [-0.4, -0.2) is 49.6 Å². The molecule has 1 aromatic carbocycles. The number of pyridine rings is 1. The first-order chi connectivity index (χ1) is 13.2. The average molecular weight is 443 g/mol. The van der Waals surface area contributed by atoms with Crippen molar-refractivity contribution in [2.24, 2.45) is 0 Å². The van der Waals surface area contributed by atoms with Gasteiger partial charge in [-0.25, -0.2) is 0 Å². The summed E-state index contributed by atoms with van der Waals surface area (Å²) in [6.45, 7) is 1.93. The number of aromatic nitrogens is 1. The standard InChI is InChI=1S/C19H22N4O4.2ClH/c1-20-19(25)16-11-14(6-7-22-16)27-17-5-3-2-4-15(17)23-18(24)10-13-12-26-9-8-21-13;;/h2-7,11,13,21H,8-10,12H2,1H3,(H,20,25)(H,23,24);2*1H. The maximum absolute atomic E-state index is 12.3. The van der Waals surface area contributed by atoms with E-state index in [1.807, 2.05) is 12.1 Å². The number of benzene rings is 1. The summed E-state index contributed by atoms with van der Waals surface area (Å²) >= 11 is 0. The molecule has 2 amide bonds. The molecule has 3 N–H and O–H groups in total. The number of hydrogen-bond donors (Lipinski definition) is 3. The summed E-state index contributed by atoms with van der Waals surface area (Å²) in [5, 5.41) is 8.64. The number of nitrogens with one attached hydrogen (secondary N) is 3. The molecule has 0 radical (unpaired) electrons. The van der Waals surface area contributed by atoms with E-state index in [4.69, 9.17) is 9.47 Å². The van der Waals surface area contributed by atoms with Gasteiger partial charge in [-0.3, -0.25) is 14.6 Å². The highest BCUT2D eigenvalue weighted by Crippen LogP contribution is 2.29. The van der Waals surface area contributed by atoms with Crippen molar-refractivity contribution in [3.05, 3.63) is 48.3 Å². The highest BCUT2D eigenvalue weighted by atomic mass is 35.5. The lowest BCUT2D eigenvalue weighted by atomic mass is 10.2. The fraction of sp³-hybridized carbons (Fsp3) is 0.316. The lowest BCUT2D eigenvalue weighted by Crippen LogP contribution is -2.43. The molecule has 1 aliphatic rings. The molecule has 2 aromatic rings. The fourth-order valence-electron chi connectivity index (χ4n) is 2.69. The van der Waals surface area contributed by atoms with Crippen molar-refractivity contribution >= 4 is 42.3 Å². The SMILES string of the molecule is CNC(=O)c1cc(Oc2ccccc2NC(=O)CC2COCCN2)ccn1.Cl.Cl. The summed E-state index contributed by atoms with van der Waals surface area (Å²) in [6.07, 6.45) is 1.81. The molecule has 8 nitrogen and oxygen atoms in total. The van der Waals surface area contributed by atoms with Gasteiger partial charge in [0.15, 0.2) is 5.75 Å². The van der Waals surface area contributed by atoms with E-state index in [0.717, 1.165) is 6.54 Å². The van der Waals surface area contributed by atoms with Gasteiger partial charge in [-0.2, -0.15) is 0 Å². The molecule has 3 rings (SSSR count). The Labute approximate surface area is 181 Å². The van der Waals surface area contributed by atoms with E-state index in [1.165, 1.54) is 13.2 Å². The van der Waals surface area contributed by atoms with E-state index in [0.29, 0.717) is 36.8 Å². The van der Waals surface area contributed by atoms with Crippen molar-refractivity contribution in [2.75, 3.05) is 32.1 Å². The van der Waals surface area contributed by atoms with E-state index < -0.39 is 0 Å². The first kappa shape index (κ1) is 24.6. The summed E-state index contributed by atoms with van der Waals surface area (Å²) in [6, 6.07) is 10.3. The van der Waals surface area contributed by atoms with Crippen LogP contribution in [0.15, 0.2) is 42.6 Å². The van der Waals surface area contributed by atoms with Crippen molar-refractivity contribution in [3.63, 3.8) is 0 Å². The van der Waals surface area contributed by atoms with Crippen LogP contribution >= 0.6 is 24.8 Å². The van der Waals surface area contributed by atoms with Crippen LogP contribution in [0.5, 0.6) is 11.5 Å². The number of rotatable bonds is 6. The van der Waals surface area contributed by atoms with Crippen molar-refractivity contribution in [3.8, 4) is 11.5 Å². The van der Waals surface area contributed by atoms with Crippen LogP contribution < -0.4 is 20.7 Å². The molecule has 0 spiro atoms. The third-order valence-electron chi connectivity index (χ3n) is 4.01. The maximum atomic E-state index is 12.3. The highest BCUT2D eigenvalue weighted by Gasteiger charge is 2.18. The van der Waals surface area contributed by atoms with Gasteiger partial charge < -0.3 is 25.4 Å². The number of anilines is 1. The Morgan fingerprint density at radius 1 is 1.28 bits per heavy atom. The number of para-hydroxylation sites is 2. The zero-order valence-corrected chi connectivity index (χ0v) is 17.5. The van der Waals surface area contributed by atoms with Gasteiger partial charge >= 0.3 is 0 Å². The van der Waals surface area contributed by atoms with Crippen LogP contribution in [0, 0.1) is 0 Å². The predicted octanol–water partition coefficient (Wildman–Crippen LogP) is 2.39. The summed E-state index contributed by atoms with van der Waals surface area (Å²) in [5.74, 6) is 0.500. The Morgan fingerprint density at radius 2 is 2.07 bits per heavy atom. The van der Waals surface area contributed by atoms with E-state index in [-0.39, 0.29) is 48.4 Å². The van der Waals surface area contributed by atoms with Crippen LogP contribution in [0.25, 0.3) is 0 Å². The van der Waals surface area contributed by atoms with Crippen LogP contribution in [0.4, 0.5) is 5.69 Å². The number of morpholine rings is 1. The maximum Gasteiger partial charge on any atom is 0.269 e. The summed E-state index contributed by atoms with van der Waals surface area (Å²) < 4.78 is 11.2. The Hall–Kier alpha value is -2.39. The molecular formula is C19H24Cl2N4O4. The van der Waals surface area contributed by atoms with Crippen LogP contribution in [0.1, 0.15) is 16.9 Å². The number of ether oxygens (including phenoxy) is 2. The lowest BCUT2D eigenvalue weighted by molar-refractivity contribution is -0.117. The van der Waals surface area contributed by atoms with Crippen molar-refractivity contribution in [1.82, 2.24) is 15.6 Å². The van der Waals surface area contributed by atoms with E-state index >= 15 is 0 Å². The Balaban J connectivity index is 0.00000210. The molecule has 1 unspecified atom stereocenters. The van der Waals surface area contributed by atoms with Gasteiger partial charge in [0, 0.05) is 38.3 Å². The minimum Gasteiger partial charge on any atom is -0.455 e. The molecule has 0 aliphatic carbocycles. The van der Waals surface area contributed by atoms with Crippen molar-refractivity contribution < 1.29 is 19.1 Å². The summed E-state index contributed by atoms with van der Waals surface area (Å²) in [4.78, 5) is 28.1. The molecule has 158 valence electrons. The van der Waals surface area contributed by atoms with E-state index in [9.17, 15) is 9.59 Å². The first-order valence-corrected chi connectivity index (χ1v) is 8.71. The average Bonchev–Trinajstić information content (AvgIpc) is 2.70. The van der Waals surface area contributed by atoms with Gasteiger partial charge in [0.05, 0.1) is 18.9 Å². The molecule has 1 aliphatic heterocycles.